The lowest BCUT2D eigenvalue weighted by molar-refractivity contribution is -0.0848. The molecule has 1 saturated heterocycles. The summed E-state index contributed by atoms with van der Waals surface area (Å²) in [6, 6.07) is 10.4. The summed E-state index contributed by atoms with van der Waals surface area (Å²) in [6.45, 7) is 8.96. The van der Waals surface area contributed by atoms with Crippen LogP contribution in [0.25, 0.3) is 11.4 Å². The third-order valence-electron chi connectivity index (χ3n) is 4.43. The molecule has 23 heavy (non-hydrogen) atoms. The van der Waals surface area contributed by atoms with Crippen LogP contribution in [-0.2, 0) is 11.3 Å². The van der Waals surface area contributed by atoms with Gasteiger partial charge >= 0.3 is 0 Å². The summed E-state index contributed by atoms with van der Waals surface area (Å²) in [5.41, 5.74) is 0.929. The molecular formula is C18H25N3O2. The summed E-state index contributed by atoms with van der Waals surface area (Å²) >= 11 is 0. The molecule has 1 aromatic carbocycles. The van der Waals surface area contributed by atoms with Crippen LogP contribution >= 0.6 is 0 Å². The van der Waals surface area contributed by atoms with E-state index in [1.807, 2.05) is 30.3 Å². The molecule has 0 N–H and O–H groups in total. The second-order valence-corrected chi connectivity index (χ2v) is 6.70. The third-order valence-corrected chi connectivity index (χ3v) is 4.43. The van der Waals surface area contributed by atoms with Crippen LogP contribution in [0.3, 0.4) is 0 Å². The molecule has 1 aromatic heterocycles. The molecule has 1 fully saturated rings. The fraction of sp³-hybridized carbons (Fsp3) is 0.556. The Morgan fingerprint density at radius 3 is 2.74 bits per heavy atom. The van der Waals surface area contributed by atoms with Gasteiger partial charge in [0.15, 0.2) is 0 Å². The van der Waals surface area contributed by atoms with Gasteiger partial charge < -0.3 is 9.26 Å². The van der Waals surface area contributed by atoms with E-state index in [4.69, 9.17) is 9.26 Å². The largest absolute Gasteiger partial charge is 0.375 e. The summed E-state index contributed by atoms with van der Waals surface area (Å²) in [4.78, 5) is 6.96. The molecule has 124 valence electrons. The molecule has 2 aromatic rings. The lowest BCUT2D eigenvalue weighted by Crippen LogP contribution is -2.45. The molecule has 1 atom stereocenters. The van der Waals surface area contributed by atoms with E-state index < -0.39 is 0 Å². The van der Waals surface area contributed by atoms with Gasteiger partial charge in [0.25, 0.3) is 0 Å². The number of hydrogen-bond donors (Lipinski definition) is 0. The van der Waals surface area contributed by atoms with Gasteiger partial charge in [0, 0.05) is 18.2 Å². The minimum absolute atomic E-state index is 0.0552. The summed E-state index contributed by atoms with van der Waals surface area (Å²) < 4.78 is 11.3. The maximum absolute atomic E-state index is 5.82. The van der Waals surface area contributed by atoms with E-state index in [9.17, 15) is 0 Å². The zero-order valence-corrected chi connectivity index (χ0v) is 14.2. The smallest absolute Gasteiger partial charge is 0.241 e. The van der Waals surface area contributed by atoms with Gasteiger partial charge in [-0.15, -0.1) is 0 Å². The van der Waals surface area contributed by atoms with Gasteiger partial charge in [-0.2, -0.15) is 4.98 Å². The molecule has 3 rings (SSSR count). The molecule has 1 aliphatic rings. The summed E-state index contributed by atoms with van der Waals surface area (Å²) in [7, 11) is 0. The molecule has 2 heterocycles. The van der Waals surface area contributed by atoms with Crippen LogP contribution in [0.2, 0.25) is 0 Å². The summed E-state index contributed by atoms with van der Waals surface area (Å²) in [6.07, 6.45) is 2.08. The number of rotatable bonds is 5. The van der Waals surface area contributed by atoms with Crippen molar-refractivity contribution in [2.45, 2.75) is 51.8 Å². The van der Waals surface area contributed by atoms with Gasteiger partial charge in [-0.1, -0.05) is 42.4 Å². The van der Waals surface area contributed by atoms with E-state index >= 15 is 0 Å². The van der Waals surface area contributed by atoms with Gasteiger partial charge in [0.2, 0.25) is 11.7 Å². The number of ether oxygens (including phenoxy) is 1. The first-order valence-electron chi connectivity index (χ1n) is 8.33. The summed E-state index contributed by atoms with van der Waals surface area (Å²) in [5, 5.41) is 4.11. The molecular weight excluding hydrogens is 290 g/mol. The highest BCUT2D eigenvalue weighted by Gasteiger charge is 2.32. The Morgan fingerprint density at radius 1 is 1.26 bits per heavy atom. The van der Waals surface area contributed by atoms with Gasteiger partial charge in [-0.3, -0.25) is 4.90 Å². The fourth-order valence-corrected chi connectivity index (χ4v) is 3.21. The normalized spacial score (nSPS) is 20.8. The maximum atomic E-state index is 5.82. The predicted octanol–water partition coefficient (Wildman–Crippen LogP) is 3.52. The monoisotopic (exact) mass is 315 g/mol. The average Bonchev–Trinajstić information content (AvgIpc) is 3.01. The Morgan fingerprint density at radius 2 is 2.04 bits per heavy atom. The minimum atomic E-state index is -0.0552. The standard InChI is InChI=1S/C18H25N3O2/c1-4-21(15-10-11-22-18(2,3)12-15)13-16-19-17(20-23-16)14-8-6-5-7-9-14/h5-9,15H,4,10-13H2,1-3H3. The Hall–Kier alpha value is -1.72. The van der Waals surface area contributed by atoms with Crippen molar-refractivity contribution in [1.29, 1.82) is 0 Å². The van der Waals surface area contributed by atoms with Gasteiger partial charge in [0.1, 0.15) is 0 Å². The number of aromatic nitrogens is 2. The van der Waals surface area contributed by atoms with Crippen molar-refractivity contribution >= 4 is 0 Å². The van der Waals surface area contributed by atoms with Crippen LogP contribution < -0.4 is 0 Å². The first kappa shape index (κ1) is 16.1. The lowest BCUT2D eigenvalue weighted by atomic mass is 9.93. The van der Waals surface area contributed by atoms with Crippen LogP contribution in [-0.4, -0.2) is 39.8 Å². The summed E-state index contributed by atoms with van der Waals surface area (Å²) in [5.74, 6) is 1.33. The Kier molecular flexibility index (Phi) is 4.78. The van der Waals surface area contributed by atoms with Crippen molar-refractivity contribution in [2.24, 2.45) is 0 Å². The Bertz CT molecular complexity index is 624. The van der Waals surface area contributed by atoms with E-state index in [1.165, 1.54) is 0 Å². The van der Waals surface area contributed by atoms with E-state index in [0.29, 0.717) is 24.3 Å². The Balaban J connectivity index is 1.69. The highest BCUT2D eigenvalue weighted by Crippen LogP contribution is 2.28. The number of benzene rings is 1. The topological polar surface area (TPSA) is 51.4 Å². The van der Waals surface area contributed by atoms with Crippen LogP contribution in [0, 0.1) is 0 Å². The molecule has 0 bridgehead atoms. The van der Waals surface area contributed by atoms with Crippen LogP contribution in [0.4, 0.5) is 0 Å². The molecule has 0 radical (unpaired) electrons. The molecule has 5 nitrogen and oxygen atoms in total. The first-order chi connectivity index (χ1) is 11.1. The zero-order chi connectivity index (χ0) is 16.3. The van der Waals surface area contributed by atoms with Crippen LogP contribution in [0.15, 0.2) is 34.9 Å². The molecule has 5 heteroatoms. The van der Waals surface area contributed by atoms with Crippen molar-refractivity contribution in [1.82, 2.24) is 15.0 Å². The fourth-order valence-electron chi connectivity index (χ4n) is 3.21. The van der Waals surface area contributed by atoms with Crippen LogP contribution in [0.1, 0.15) is 39.5 Å². The number of hydrogen-bond acceptors (Lipinski definition) is 5. The molecule has 0 aliphatic carbocycles. The van der Waals surface area contributed by atoms with E-state index in [2.05, 4.69) is 35.8 Å². The van der Waals surface area contributed by atoms with E-state index in [-0.39, 0.29) is 5.60 Å². The van der Waals surface area contributed by atoms with Gasteiger partial charge in [-0.05, 0) is 33.2 Å². The second kappa shape index (κ2) is 6.81. The van der Waals surface area contributed by atoms with E-state index in [1.54, 1.807) is 0 Å². The maximum Gasteiger partial charge on any atom is 0.241 e. The quantitative estimate of drug-likeness (QED) is 0.845. The molecule has 0 amide bonds. The Labute approximate surface area is 137 Å². The van der Waals surface area contributed by atoms with Gasteiger partial charge in [-0.25, -0.2) is 0 Å². The highest BCUT2D eigenvalue weighted by molar-refractivity contribution is 5.53. The van der Waals surface area contributed by atoms with Crippen molar-refractivity contribution < 1.29 is 9.26 Å². The first-order valence-corrected chi connectivity index (χ1v) is 8.33. The van der Waals surface area contributed by atoms with Crippen molar-refractivity contribution in [3.8, 4) is 11.4 Å². The predicted molar refractivity (Wildman–Crippen MR) is 88.9 cm³/mol. The molecule has 1 aliphatic heterocycles. The SMILES string of the molecule is CCN(Cc1nc(-c2ccccc2)no1)C1CCOC(C)(C)C1. The number of nitrogens with zero attached hydrogens (tertiary/aromatic N) is 3. The van der Waals surface area contributed by atoms with Crippen molar-refractivity contribution in [3.63, 3.8) is 0 Å². The zero-order valence-electron chi connectivity index (χ0n) is 14.2. The molecule has 0 spiro atoms. The second-order valence-electron chi connectivity index (χ2n) is 6.70. The average molecular weight is 315 g/mol. The van der Waals surface area contributed by atoms with E-state index in [0.717, 1.165) is 31.6 Å². The van der Waals surface area contributed by atoms with Crippen molar-refractivity contribution in [3.05, 3.63) is 36.2 Å². The third kappa shape index (κ3) is 3.98. The highest BCUT2D eigenvalue weighted by atomic mass is 16.5. The van der Waals surface area contributed by atoms with Gasteiger partial charge in [0.05, 0.1) is 12.1 Å². The van der Waals surface area contributed by atoms with Crippen LogP contribution in [0.5, 0.6) is 0 Å². The lowest BCUT2D eigenvalue weighted by Gasteiger charge is -2.40. The molecule has 0 saturated carbocycles. The minimum Gasteiger partial charge on any atom is -0.375 e. The molecule has 1 unspecified atom stereocenters. The van der Waals surface area contributed by atoms with Crippen molar-refractivity contribution in [2.75, 3.05) is 13.2 Å².